The molecule has 0 amide bonds. The van der Waals surface area contributed by atoms with Gasteiger partial charge in [0, 0.05) is 11.6 Å². The normalized spacial score (nSPS) is 11.9. The van der Waals surface area contributed by atoms with Gasteiger partial charge in [-0.3, -0.25) is 9.36 Å². The van der Waals surface area contributed by atoms with E-state index in [4.69, 9.17) is 9.47 Å². The SMILES string of the molecule is COC(=O)C(CCc1ccccc1)c1cn(C(=O)OC)c2ccccc12. The number of para-hydroxylation sites is 1. The van der Waals surface area contributed by atoms with Crippen molar-refractivity contribution in [3.63, 3.8) is 0 Å². The Morgan fingerprint density at radius 3 is 2.35 bits per heavy atom. The van der Waals surface area contributed by atoms with Crippen LogP contribution in [-0.2, 0) is 20.7 Å². The summed E-state index contributed by atoms with van der Waals surface area (Å²) in [5.74, 6) is -0.773. The van der Waals surface area contributed by atoms with E-state index in [0.29, 0.717) is 11.9 Å². The molecule has 1 unspecified atom stereocenters. The summed E-state index contributed by atoms with van der Waals surface area (Å²) in [6.07, 6.45) is 2.52. The Morgan fingerprint density at radius 2 is 1.65 bits per heavy atom. The lowest BCUT2D eigenvalue weighted by molar-refractivity contribution is -0.142. The summed E-state index contributed by atoms with van der Waals surface area (Å²) in [5.41, 5.74) is 2.63. The van der Waals surface area contributed by atoms with Gasteiger partial charge in [-0.05, 0) is 30.0 Å². The third-order valence-corrected chi connectivity index (χ3v) is 4.54. The third-order valence-electron chi connectivity index (χ3n) is 4.54. The number of nitrogens with zero attached hydrogens (tertiary/aromatic N) is 1. The van der Waals surface area contributed by atoms with E-state index in [-0.39, 0.29) is 5.97 Å². The molecule has 1 atom stereocenters. The van der Waals surface area contributed by atoms with Crippen LogP contribution in [0.25, 0.3) is 10.9 Å². The van der Waals surface area contributed by atoms with Gasteiger partial charge in [0.2, 0.25) is 0 Å². The molecule has 3 rings (SSSR count). The first-order valence-electron chi connectivity index (χ1n) is 8.45. The molecule has 0 fully saturated rings. The standard InChI is InChI=1S/C21H21NO4/c1-25-20(23)17(13-12-15-8-4-3-5-9-15)18-14-22(21(24)26-2)19-11-7-6-10-16(18)19/h3-11,14,17H,12-13H2,1-2H3. The highest BCUT2D eigenvalue weighted by Gasteiger charge is 2.26. The minimum absolute atomic E-state index is 0.311. The molecule has 5 heteroatoms. The van der Waals surface area contributed by atoms with Crippen molar-refractivity contribution in [3.8, 4) is 0 Å². The maximum atomic E-state index is 12.5. The Kier molecular flexibility index (Phi) is 5.37. The van der Waals surface area contributed by atoms with Crippen LogP contribution in [0.5, 0.6) is 0 Å². The molecule has 134 valence electrons. The van der Waals surface area contributed by atoms with E-state index in [2.05, 4.69) is 0 Å². The maximum absolute atomic E-state index is 12.5. The molecule has 0 aliphatic carbocycles. The molecule has 3 aromatic rings. The Bertz CT molecular complexity index is 914. The van der Waals surface area contributed by atoms with Crippen molar-refractivity contribution in [2.75, 3.05) is 14.2 Å². The quantitative estimate of drug-likeness (QED) is 0.648. The molecule has 5 nitrogen and oxygen atoms in total. The van der Waals surface area contributed by atoms with E-state index in [9.17, 15) is 9.59 Å². The molecular weight excluding hydrogens is 330 g/mol. The monoisotopic (exact) mass is 351 g/mol. The van der Waals surface area contributed by atoms with Crippen molar-refractivity contribution in [1.82, 2.24) is 4.57 Å². The summed E-state index contributed by atoms with van der Waals surface area (Å²) in [5, 5.41) is 0.848. The first kappa shape index (κ1) is 17.7. The molecule has 0 spiro atoms. The van der Waals surface area contributed by atoms with Crippen LogP contribution in [0.2, 0.25) is 0 Å². The molecule has 0 bridgehead atoms. The van der Waals surface area contributed by atoms with E-state index >= 15 is 0 Å². The summed E-state index contributed by atoms with van der Waals surface area (Å²) in [7, 11) is 2.72. The van der Waals surface area contributed by atoms with Crippen LogP contribution in [0.4, 0.5) is 4.79 Å². The van der Waals surface area contributed by atoms with Crippen molar-refractivity contribution >= 4 is 23.0 Å². The molecule has 0 aliphatic heterocycles. The smallest absolute Gasteiger partial charge is 0.418 e. The molecule has 26 heavy (non-hydrogen) atoms. The highest BCUT2D eigenvalue weighted by molar-refractivity contribution is 5.95. The third kappa shape index (κ3) is 3.47. The summed E-state index contributed by atoms with van der Waals surface area (Å²) in [6.45, 7) is 0. The number of methoxy groups -OCH3 is 2. The molecule has 2 aromatic carbocycles. The molecule has 0 saturated carbocycles. The number of carbonyl (C=O) groups is 2. The predicted molar refractivity (Wildman–Crippen MR) is 99.3 cm³/mol. The Labute approximate surface area is 152 Å². The van der Waals surface area contributed by atoms with Crippen LogP contribution < -0.4 is 0 Å². The highest BCUT2D eigenvalue weighted by atomic mass is 16.5. The fraction of sp³-hybridized carbons (Fsp3) is 0.238. The largest absolute Gasteiger partial charge is 0.469 e. The summed E-state index contributed by atoms with van der Waals surface area (Å²) in [6, 6.07) is 17.5. The zero-order valence-electron chi connectivity index (χ0n) is 14.8. The second-order valence-electron chi connectivity index (χ2n) is 6.04. The van der Waals surface area contributed by atoms with Crippen molar-refractivity contribution < 1.29 is 19.1 Å². The minimum atomic E-state index is -0.487. The number of fused-ring (bicyclic) bond motifs is 1. The number of carbonyl (C=O) groups excluding carboxylic acids is 2. The van der Waals surface area contributed by atoms with Gasteiger partial charge in [0.1, 0.15) is 0 Å². The van der Waals surface area contributed by atoms with Gasteiger partial charge in [0.05, 0.1) is 25.7 Å². The topological polar surface area (TPSA) is 57.5 Å². The number of ether oxygens (including phenoxy) is 2. The van der Waals surface area contributed by atoms with E-state index in [1.807, 2.05) is 54.6 Å². The van der Waals surface area contributed by atoms with Crippen molar-refractivity contribution in [2.45, 2.75) is 18.8 Å². The number of hydrogen-bond donors (Lipinski definition) is 0. The van der Waals surface area contributed by atoms with Gasteiger partial charge in [-0.1, -0.05) is 48.5 Å². The van der Waals surface area contributed by atoms with Gasteiger partial charge in [-0.2, -0.15) is 0 Å². The maximum Gasteiger partial charge on any atom is 0.418 e. The predicted octanol–water partition coefficient (Wildman–Crippen LogP) is 4.15. The van der Waals surface area contributed by atoms with Gasteiger partial charge in [-0.25, -0.2) is 4.79 Å². The molecule has 1 aromatic heterocycles. The van der Waals surface area contributed by atoms with Gasteiger partial charge in [0.15, 0.2) is 0 Å². The zero-order valence-corrected chi connectivity index (χ0v) is 14.8. The molecule has 1 heterocycles. The summed E-state index contributed by atoms with van der Waals surface area (Å²) in [4.78, 5) is 24.6. The summed E-state index contributed by atoms with van der Waals surface area (Å²) >= 11 is 0. The van der Waals surface area contributed by atoms with Crippen LogP contribution >= 0.6 is 0 Å². The number of aromatic nitrogens is 1. The molecule has 0 aliphatic rings. The number of benzene rings is 2. The second-order valence-corrected chi connectivity index (χ2v) is 6.04. The second kappa shape index (κ2) is 7.87. The lowest BCUT2D eigenvalue weighted by Gasteiger charge is -2.14. The van der Waals surface area contributed by atoms with E-state index < -0.39 is 12.0 Å². The van der Waals surface area contributed by atoms with E-state index in [1.165, 1.54) is 18.8 Å². The average molecular weight is 351 g/mol. The summed E-state index contributed by atoms with van der Waals surface area (Å²) < 4.78 is 11.3. The zero-order chi connectivity index (χ0) is 18.5. The lowest BCUT2D eigenvalue weighted by Crippen LogP contribution is -2.15. The van der Waals surface area contributed by atoms with Gasteiger partial charge in [0.25, 0.3) is 0 Å². The average Bonchev–Trinajstić information content (AvgIpc) is 3.08. The number of aryl methyl sites for hydroxylation is 1. The van der Waals surface area contributed by atoms with Crippen molar-refractivity contribution in [3.05, 3.63) is 71.9 Å². The van der Waals surface area contributed by atoms with Gasteiger partial charge >= 0.3 is 12.1 Å². The van der Waals surface area contributed by atoms with Crippen LogP contribution in [0.1, 0.15) is 23.5 Å². The first-order chi connectivity index (χ1) is 12.7. The Hall–Kier alpha value is -3.08. The van der Waals surface area contributed by atoms with Gasteiger partial charge in [-0.15, -0.1) is 0 Å². The first-order valence-corrected chi connectivity index (χ1v) is 8.45. The Balaban J connectivity index is 2.01. The molecule has 0 radical (unpaired) electrons. The van der Waals surface area contributed by atoms with E-state index in [1.54, 1.807) is 6.20 Å². The van der Waals surface area contributed by atoms with Crippen molar-refractivity contribution in [1.29, 1.82) is 0 Å². The lowest BCUT2D eigenvalue weighted by atomic mass is 9.92. The Morgan fingerprint density at radius 1 is 0.962 bits per heavy atom. The van der Waals surface area contributed by atoms with Crippen LogP contribution in [-0.4, -0.2) is 30.8 Å². The minimum Gasteiger partial charge on any atom is -0.469 e. The van der Waals surface area contributed by atoms with Crippen LogP contribution in [0.15, 0.2) is 60.8 Å². The fourth-order valence-electron chi connectivity index (χ4n) is 3.23. The van der Waals surface area contributed by atoms with Crippen LogP contribution in [0, 0.1) is 0 Å². The number of rotatable bonds is 5. The molecular formula is C21H21NO4. The van der Waals surface area contributed by atoms with Crippen LogP contribution in [0.3, 0.4) is 0 Å². The number of esters is 1. The van der Waals surface area contributed by atoms with Crippen molar-refractivity contribution in [2.24, 2.45) is 0 Å². The molecule has 0 saturated heterocycles. The molecule has 0 N–H and O–H groups in total. The van der Waals surface area contributed by atoms with Gasteiger partial charge < -0.3 is 9.47 Å². The number of hydrogen-bond acceptors (Lipinski definition) is 4. The highest BCUT2D eigenvalue weighted by Crippen LogP contribution is 2.32. The fourth-order valence-corrected chi connectivity index (χ4v) is 3.23. The van der Waals surface area contributed by atoms with E-state index in [0.717, 1.165) is 22.9 Å².